The van der Waals surface area contributed by atoms with Gasteiger partial charge in [-0.2, -0.15) is 0 Å². The number of imidazole rings is 2. The van der Waals surface area contributed by atoms with E-state index in [4.69, 9.17) is 9.97 Å². The Hall–Kier alpha value is -5.16. The highest BCUT2D eigenvalue weighted by Gasteiger charge is 2.22. The molecule has 4 aromatic carbocycles. The van der Waals surface area contributed by atoms with Crippen LogP contribution in [0.1, 0.15) is 0 Å². The lowest BCUT2D eigenvalue weighted by molar-refractivity contribution is 1.07. The second-order valence-electron chi connectivity index (χ2n) is 9.18. The minimum absolute atomic E-state index is 0.905. The van der Waals surface area contributed by atoms with Crippen molar-refractivity contribution in [1.82, 2.24) is 23.5 Å². The van der Waals surface area contributed by atoms with Crippen molar-refractivity contribution < 1.29 is 0 Å². The van der Waals surface area contributed by atoms with Gasteiger partial charge in [-0.15, -0.1) is 0 Å². The van der Waals surface area contributed by atoms with E-state index < -0.39 is 0 Å². The average molecular weight is 476 g/mol. The fourth-order valence-corrected chi connectivity index (χ4v) is 5.51. The smallest absolute Gasteiger partial charge is 0.150 e. The summed E-state index contributed by atoms with van der Waals surface area (Å²) in [4.78, 5) is 10.2. The van der Waals surface area contributed by atoms with Gasteiger partial charge in [0.1, 0.15) is 17.0 Å². The van der Waals surface area contributed by atoms with Crippen LogP contribution in [0.4, 0.5) is 0 Å². The van der Waals surface area contributed by atoms with Crippen LogP contribution in [0.2, 0.25) is 0 Å². The molecule has 8 rings (SSSR count). The average Bonchev–Trinajstić information content (AvgIpc) is 3.62. The van der Waals surface area contributed by atoms with Crippen LogP contribution in [0.3, 0.4) is 0 Å². The lowest BCUT2D eigenvalue weighted by Gasteiger charge is -2.15. The largest absolute Gasteiger partial charge is 0.293 e. The number of hydrogen-bond donors (Lipinski definition) is 0. The Morgan fingerprint density at radius 3 is 2.19 bits per heavy atom. The SMILES string of the molecule is c1ccc(-n2c(-c3ccccc3-n3c4ccccc4c4nc5ccccn5c43)nc3ccccc32)cc1. The molecule has 0 amide bonds. The predicted molar refractivity (Wildman–Crippen MR) is 150 cm³/mol. The number of rotatable bonds is 3. The fraction of sp³-hybridized carbons (Fsp3) is 0. The van der Waals surface area contributed by atoms with Gasteiger partial charge in [0.2, 0.25) is 0 Å². The third-order valence-corrected chi connectivity index (χ3v) is 7.08. The van der Waals surface area contributed by atoms with Crippen LogP contribution in [0.25, 0.3) is 61.5 Å². The summed E-state index contributed by atoms with van der Waals surface area (Å²) in [6.45, 7) is 0. The van der Waals surface area contributed by atoms with E-state index in [1.165, 1.54) is 0 Å². The molecule has 4 aromatic heterocycles. The molecule has 0 saturated carbocycles. The van der Waals surface area contributed by atoms with Crippen LogP contribution in [-0.4, -0.2) is 23.5 Å². The molecular formula is C32H21N5. The van der Waals surface area contributed by atoms with Crippen molar-refractivity contribution in [2.75, 3.05) is 0 Å². The second-order valence-corrected chi connectivity index (χ2v) is 9.18. The standard InChI is InChI=1S/C32H21N5/c1-2-12-22(13-3-1)36-28-19-9-6-16-25(28)33-31(36)24-15-5-8-18-27(24)37-26-17-7-4-14-23(26)30-32(37)35-21-11-10-20-29(35)34-30/h1-21H. The third kappa shape index (κ3) is 2.85. The molecule has 8 aromatic rings. The summed E-state index contributed by atoms with van der Waals surface area (Å²) in [6, 6.07) is 41.9. The Labute approximate surface area is 212 Å². The van der Waals surface area contributed by atoms with Gasteiger partial charge in [-0.25, -0.2) is 9.97 Å². The first-order chi connectivity index (χ1) is 18.4. The Morgan fingerprint density at radius 2 is 1.27 bits per heavy atom. The van der Waals surface area contributed by atoms with Crippen LogP contribution in [0.15, 0.2) is 128 Å². The van der Waals surface area contributed by atoms with Gasteiger partial charge < -0.3 is 0 Å². The second kappa shape index (κ2) is 7.67. The number of nitrogens with zero attached hydrogens (tertiary/aromatic N) is 5. The maximum atomic E-state index is 5.17. The van der Waals surface area contributed by atoms with E-state index in [1.807, 2.05) is 18.2 Å². The molecule has 0 bridgehead atoms. The van der Waals surface area contributed by atoms with Crippen LogP contribution in [-0.2, 0) is 0 Å². The van der Waals surface area contributed by atoms with Crippen molar-refractivity contribution in [3.63, 3.8) is 0 Å². The van der Waals surface area contributed by atoms with E-state index >= 15 is 0 Å². The summed E-state index contributed by atoms with van der Waals surface area (Å²) in [5.41, 5.74) is 9.33. The maximum Gasteiger partial charge on any atom is 0.150 e. The first-order valence-electron chi connectivity index (χ1n) is 12.4. The Morgan fingerprint density at radius 1 is 0.541 bits per heavy atom. The minimum atomic E-state index is 0.905. The molecule has 0 saturated heterocycles. The Kier molecular flexibility index (Phi) is 4.16. The van der Waals surface area contributed by atoms with Gasteiger partial charge in [-0.1, -0.05) is 66.7 Å². The molecular weight excluding hydrogens is 454 g/mol. The van der Waals surface area contributed by atoms with Gasteiger partial charge in [0, 0.05) is 22.8 Å². The molecule has 0 radical (unpaired) electrons. The number of para-hydroxylation sites is 5. The van der Waals surface area contributed by atoms with E-state index in [9.17, 15) is 0 Å². The van der Waals surface area contributed by atoms with Crippen molar-refractivity contribution >= 4 is 38.7 Å². The molecule has 5 heteroatoms. The van der Waals surface area contributed by atoms with Gasteiger partial charge in [0.25, 0.3) is 0 Å². The van der Waals surface area contributed by atoms with Crippen LogP contribution < -0.4 is 0 Å². The van der Waals surface area contributed by atoms with Gasteiger partial charge in [-0.05, 0) is 54.6 Å². The minimum Gasteiger partial charge on any atom is -0.293 e. The Balaban J connectivity index is 1.51. The number of benzene rings is 4. The molecule has 0 fully saturated rings. The summed E-state index contributed by atoms with van der Waals surface area (Å²) < 4.78 is 6.76. The molecule has 174 valence electrons. The molecule has 0 aliphatic heterocycles. The third-order valence-electron chi connectivity index (χ3n) is 7.08. The Bertz CT molecular complexity index is 2090. The van der Waals surface area contributed by atoms with Crippen molar-refractivity contribution in [1.29, 1.82) is 0 Å². The summed E-state index contributed by atoms with van der Waals surface area (Å²) in [6.07, 6.45) is 2.09. The molecule has 0 spiro atoms. The van der Waals surface area contributed by atoms with Gasteiger partial charge in [-0.3, -0.25) is 13.5 Å². The fourth-order valence-electron chi connectivity index (χ4n) is 5.51. The monoisotopic (exact) mass is 475 g/mol. The summed E-state index contributed by atoms with van der Waals surface area (Å²) in [5.74, 6) is 0.905. The predicted octanol–water partition coefficient (Wildman–Crippen LogP) is 7.44. The first-order valence-corrected chi connectivity index (χ1v) is 12.4. The lowest BCUT2D eigenvalue weighted by atomic mass is 10.1. The van der Waals surface area contributed by atoms with Crippen molar-refractivity contribution in [2.45, 2.75) is 0 Å². The van der Waals surface area contributed by atoms with E-state index in [1.54, 1.807) is 0 Å². The molecule has 37 heavy (non-hydrogen) atoms. The molecule has 0 atom stereocenters. The normalized spacial score (nSPS) is 11.8. The number of hydrogen-bond acceptors (Lipinski definition) is 2. The summed E-state index contributed by atoms with van der Waals surface area (Å²) in [7, 11) is 0. The first kappa shape index (κ1) is 20.1. The highest BCUT2D eigenvalue weighted by atomic mass is 15.2. The maximum absolute atomic E-state index is 5.17. The molecule has 5 nitrogen and oxygen atoms in total. The van der Waals surface area contributed by atoms with Crippen molar-refractivity contribution in [2.24, 2.45) is 0 Å². The van der Waals surface area contributed by atoms with E-state index in [-0.39, 0.29) is 0 Å². The van der Waals surface area contributed by atoms with E-state index in [0.29, 0.717) is 0 Å². The quantitative estimate of drug-likeness (QED) is 0.266. The zero-order valence-electron chi connectivity index (χ0n) is 19.9. The van der Waals surface area contributed by atoms with Gasteiger partial charge in [0.15, 0.2) is 5.65 Å². The number of fused-ring (bicyclic) bond motifs is 6. The highest BCUT2D eigenvalue weighted by Crippen LogP contribution is 2.37. The van der Waals surface area contributed by atoms with Gasteiger partial charge >= 0.3 is 0 Å². The van der Waals surface area contributed by atoms with E-state index in [2.05, 4.69) is 123 Å². The zero-order chi connectivity index (χ0) is 24.3. The molecule has 0 aliphatic carbocycles. The number of aromatic nitrogens is 5. The van der Waals surface area contributed by atoms with E-state index in [0.717, 1.165) is 61.5 Å². The van der Waals surface area contributed by atoms with Crippen LogP contribution in [0, 0.1) is 0 Å². The zero-order valence-corrected chi connectivity index (χ0v) is 19.9. The highest BCUT2D eigenvalue weighted by molar-refractivity contribution is 6.08. The van der Waals surface area contributed by atoms with Gasteiger partial charge in [0.05, 0.1) is 22.2 Å². The molecule has 0 N–H and O–H groups in total. The summed E-state index contributed by atoms with van der Waals surface area (Å²) in [5, 5.41) is 1.13. The summed E-state index contributed by atoms with van der Waals surface area (Å²) >= 11 is 0. The molecule has 0 aliphatic rings. The van der Waals surface area contributed by atoms with Crippen LogP contribution in [0.5, 0.6) is 0 Å². The number of pyridine rings is 1. The topological polar surface area (TPSA) is 40.0 Å². The van der Waals surface area contributed by atoms with Crippen molar-refractivity contribution in [3.05, 3.63) is 128 Å². The van der Waals surface area contributed by atoms with Crippen molar-refractivity contribution in [3.8, 4) is 22.8 Å². The lowest BCUT2D eigenvalue weighted by Crippen LogP contribution is -2.03. The van der Waals surface area contributed by atoms with Crippen LogP contribution >= 0.6 is 0 Å². The molecule has 0 unspecified atom stereocenters. The molecule has 4 heterocycles.